The lowest BCUT2D eigenvalue weighted by molar-refractivity contribution is -0.135. The fraction of sp³-hybridized carbons (Fsp3) is 0.217. The van der Waals surface area contributed by atoms with Gasteiger partial charge in [-0.3, -0.25) is 9.59 Å². The highest BCUT2D eigenvalue weighted by molar-refractivity contribution is 7.99. The third-order valence-corrected chi connectivity index (χ3v) is 6.79. The normalized spacial score (nSPS) is 14.2. The number of rotatable bonds is 4. The number of aromatic nitrogens is 1. The summed E-state index contributed by atoms with van der Waals surface area (Å²) >= 11 is 8.11. The molecule has 1 N–H and O–H groups in total. The van der Waals surface area contributed by atoms with Crippen LogP contribution in [-0.4, -0.2) is 52.8 Å². The monoisotopic (exact) mass is 439 g/mol. The van der Waals surface area contributed by atoms with Gasteiger partial charge in [0.1, 0.15) is 0 Å². The van der Waals surface area contributed by atoms with Gasteiger partial charge in [-0.1, -0.05) is 36.0 Å². The molecule has 30 heavy (non-hydrogen) atoms. The van der Waals surface area contributed by atoms with Gasteiger partial charge in [0.25, 0.3) is 5.91 Å². The van der Waals surface area contributed by atoms with Gasteiger partial charge in [-0.05, 0) is 42.0 Å². The molecule has 1 aliphatic rings. The first-order valence-electron chi connectivity index (χ1n) is 9.71. The van der Waals surface area contributed by atoms with Crippen LogP contribution in [0.4, 0.5) is 0 Å². The molecule has 1 fully saturated rings. The Bertz CT molecular complexity index is 1130. The van der Waals surface area contributed by atoms with Crippen molar-refractivity contribution in [2.24, 2.45) is 0 Å². The minimum absolute atomic E-state index is 0.0384. The molecule has 1 aromatic heterocycles. The van der Waals surface area contributed by atoms with Crippen molar-refractivity contribution in [2.75, 3.05) is 26.2 Å². The van der Waals surface area contributed by atoms with E-state index in [1.54, 1.807) is 34.6 Å². The fourth-order valence-corrected chi connectivity index (χ4v) is 4.70. The van der Waals surface area contributed by atoms with Crippen LogP contribution in [0.3, 0.4) is 0 Å². The van der Waals surface area contributed by atoms with Crippen molar-refractivity contribution >= 4 is 51.7 Å². The van der Waals surface area contributed by atoms with E-state index in [9.17, 15) is 9.59 Å². The summed E-state index contributed by atoms with van der Waals surface area (Å²) in [6, 6.07) is 13.9. The largest absolute Gasteiger partial charge is 0.361 e. The van der Waals surface area contributed by atoms with Crippen molar-refractivity contribution in [3.8, 4) is 0 Å². The summed E-state index contributed by atoms with van der Waals surface area (Å²) < 4.78 is 0. The molecule has 0 atom stereocenters. The standard InChI is InChI=1S/C23H22ClN3O2S/c1-15(23(29)27-11-9-26(10-12-27)16(2)28)17-3-6-22(20(24)14-17)30-19-4-5-21-18(13-19)7-8-25-21/h3-8,13-14,25H,1,9-12H2,2H3. The van der Waals surface area contributed by atoms with Gasteiger partial charge in [-0.25, -0.2) is 0 Å². The van der Waals surface area contributed by atoms with E-state index < -0.39 is 0 Å². The second-order valence-corrected chi connectivity index (χ2v) is 8.77. The molecule has 154 valence electrons. The quantitative estimate of drug-likeness (QED) is 0.600. The van der Waals surface area contributed by atoms with Crippen LogP contribution in [0.15, 0.2) is 65.0 Å². The van der Waals surface area contributed by atoms with E-state index in [4.69, 9.17) is 11.6 Å². The molecular weight excluding hydrogens is 418 g/mol. The minimum Gasteiger partial charge on any atom is -0.361 e. The van der Waals surface area contributed by atoms with Gasteiger partial charge in [-0.15, -0.1) is 0 Å². The summed E-state index contributed by atoms with van der Waals surface area (Å²) in [7, 11) is 0. The number of nitrogens with zero attached hydrogens (tertiary/aromatic N) is 2. The van der Waals surface area contributed by atoms with E-state index in [-0.39, 0.29) is 11.8 Å². The zero-order valence-corrected chi connectivity index (χ0v) is 18.2. The lowest BCUT2D eigenvalue weighted by Crippen LogP contribution is -2.50. The number of fused-ring (bicyclic) bond motifs is 1. The first-order chi connectivity index (χ1) is 14.4. The predicted molar refractivity (Wildman–Crippen MR) is 122 cm³/mol. The smallest absolute Gasteiger partial charge is 0.253 e. The average Bonchev–Trinajstić information content (AvgIpc) is 3.22. The van der Waals surface area contributed by atoms with E-state index in [1.165, 1.54) is 0 Å². The molecule has 4 rings (SSSR count). The topological polar surface area (TPSA) is 56.4 Å². The molecule has 0 saturated carbocycles. The summed E-state index contributed by atoms with van der Waals surface area (Å²) in [5.74, 6) is -0.0796. The van der Waals surface area contributed by atoms with Crippen molar-refractivity contribution in [2.45, 2.75) is 16.7 Å². The summed E-state index contributed by atoms with van der Waals surface area (Å²) in [5, 5.41) is 1.73. The average molecular weight is 440 g/mol. The summed E-state index contributed by atoms with van der Waals surface area (Å²) in [5.41, 5.74) is 2.22. The second kappa shape index (κ2) is 8.58. The van der Waals surface area contributed by atoms with Crippen LogP contribution in [0.2, 0.25) is 5.02 Å². The molecule has 7 heteroatoms. The first kappa shape index (κ1) is 20.6. The Kier molecular flexibility index (Phi) is 5.88. The van der Waals surface area contributed by atoms with Gasteiger partial charge in [-0.2, -0.15) is 0 Å². The third kappa shape index (κ3) is 4.25. The summed E-state index contributed by atoms with van der Waals surface area (Å²) in [6.45, 7) is 7.68. The van der Waals surface area contributed by atoms with E-state index in [1.807, 2.05) is 30.5 Å². The molecule has 0 bridgehead atoms. The molecular formula is C23H22ClN3O2S. The highest BCUT2D eigenvalue weighted by Gasteiger charge is 2.24. The molecule has 3 aromatic rings. The Labute approximate surface area is 184 Å². The first-order valence-corrected chi connectivity index (χ1v) is 10.9. The van der Waals surface area contributed by atoms with Crippen LogP contribution in [0.5, 0.6) is 0 Å². The highest BCUT2D eigenvalue weighted by atomic mass is 35.5. The van der Waals surface area contributed by atoms with Gasteiger partial charge in [0.15, 0.2) is 0 Å². The maximum Gasteiger partial charge on any atom is 0.253 e. The fourth-order valence-electron chi connectivity index (χ4n) is 3.53. The lowest BCUT2D eigenvalue weighted by atomic mass is 10.1. The number of amides is 2. The van der Waals surface area contributed by atoms with Crippen LogP contribution >= 0.6 is 23.4 Å². The number of benzene rings is 2. The molecule has 0 radical (unpaired) electrons. The number of hydrogen-bond acceptors (Lipinski definition) is 3. The Hall–Kier alpha value is -2.70. The molecule has 1 saturated heterocycles. The van der Waals surface area contributed by atoms with E-state index in [0.29, 0.717) is 42.3 Å². The van der Waals surface area contributed by atoms with Gasteiger partial charge in [0.05, 0.1) is 5.02 Å². The highest BCUT2D eigenvalue weighted by Crippen LogP contribution is 2.36. The number of aromatic amines is 1. The molecule has 0 unspecified atom stereocenters. The maximum absolute atomic E-state index is 12.8. The van der Waals surface area contributed by atoms with Gasteiger partial charge >= 0.3 is 0 Å². The van der Waals surface area contributed by atoms with Crippen molar-refractivity contribution < 1.29 is 9.59 Å². The molecule has 2 heterocycles. The van der Waals surface area contributed by atoms with Crippen LogP contribution < -0.4 is 0 Å². The third-order valence-electron chi connectivity index (χ3n) is 5.30. The molecule has 0 spiro atoms. The van der Waals surface area contributed by atoms with Gasteiger partial charge < -0.3 is 14.8 Å². The van der Waals surface area contributed by atoms with Crippen LogP contribution in [-0.2, 0) is 9.59 Å². The summed E-state index contributed by atoms with van der Waals surface area (Å²) in [6.07, 6.45) is 1.92. The number of nitrogens with one attached hydrogen (secondary N) is 1. The number of hydrogen-bond donors (Lipinski definition) is 1. The van der Waals surface area contributed by atoms with E-state index >= 15 is 0 Å². The number of H-pyrrole nitrogens is 1. The number of halogens is 1. The minimum atomic E-state index is -0.118. The Balaban J connectivity index is 1.45. The van der Waals surface area contributed by atoms with Crippen LogP contribution in [0.25, 0.3) is 16.5 Å². The van der Waals surface area contributed by atoms with Gasteiger partial charge in [0, 0.05) is 65.6 Å². The number of carbonyl (C=O) groups excluding carboxylic acids is 2. The van der Waals surface area contributed by atoms with Crippen molar-refractivity contribution in [3.05, 3.63) is 65.8 Å². The summed E-state index contributed by atoms with van der Waals surface area (Å²) in [4.78, 5) is 33.0. The molecule has 0 aliphatic carbocycles. The molecule has 1 aliphatic heterocycles. The van der Waals surface area contributed by atoms with E-state index in [0.717, 1.165) is 20.7 Å². The second-order valence-electron chi connectivity index (χ2n) is 7.25. The number of carbonyl (C=O) groups is 2. The lowest BCUT2D eigenvalue weighted by Gasteiger charge is -2.34. The molecule has 2 aromatic carbocycles. The number of piperazine rings is 1. The SMILES string of the molecule is C=C(C(=O)N1CCN(C(C)=O)CC1)c1ccc(Sc2ccc3[nH]ccc3c2)c(Cl)c1. The maximum atomic E-state index is 12.8. The van der Waals surface area contributed by atoms with E-state index in [2.05, 4.69) is 23.7 Å². The van der Waals surface area contributed by atoms with Gasteiger partial charge in [0.2, 0.25) is 5.91 Å². The Morgan fingerprint density at radius 1 is 1.03 bits per heavy atom. The predicted octanol–water partition coefficient (Wildman–Crippen LogP) is 4.68. The Morgan fingerprint density at radius 2 is 1.77 bits per heavy atom. The van der Waals surface area contributed by atoms with Crippen LogP contribution in [0, 0.1) is 0 Å². The zero-order valence-electron chi connectivity index (χ0n) is 16.7. The zero-order chi connectivity index (χ0) is 21.3. The van der Waals surface area contributed by atoms with Crippen molar-refractivity contribution in [3.63, 3.8) is 0 Å². The molecule has 5 nitrogen and oxygen atoms in total. The van der Waals surface area contributed by atoms with Crippen LogP contribution in [0.1, 0.15) is 12.5 Å². The Morgan fingerprint density at radius 3 is 2.47 bits per heavy atom. The van der Waals surface area contributed by atoms with Crippen molar-refractivity contribution in [1.29, 1.82) is 0 Å². The molecule has 2 amide bonds. The van der Waals surface area contributed by atoms with Crippen molar-refractivity contribution in [1.82, 2.24) is 14.8 Å².